The molecule has 2 aromatic carbocycles. The van der Waals surface area contributed by atoms with Crippen LogP contribution < -0.4 is 0 Å². The Morgan fingerprint density at radius 1 is 0.630 bits per heavy atom. The molecule has 0 saturated carbocycles. The number of halogens is 6. The molecule has 0 N–H and O–H groups in total. The van der Waals surface area contributed by atoms with Crippen LogP contribution >= 0.6 is 69.6 Å². The Bertz CT molecular complexity index is 973. The zero-order chi connectivity index (χ0) is 19.7. The number of allylic oxidation sites excluding steroid dienone is 2. The van der Waals surface area contributed by atoms with E-state index in [9.17, 15) is 0 Å². The molecule has 27 heavy (non-hydrogen) atoms. The summed E-state index contributed by atoms with van der Waals surface area (Å²) < 4.78 is -1.54. The molecule has 2 aliphatic carbocycles. The van der Waals surface area contributed by atoms with Crippen molar-refractivity contribution in [2.24, 2.45) is 0 Å². The van der Waals surface area contributed by atoms with Crippen molar-refractivity contribution in [3.63, 3.8) is 0 Å². The van der Waals surface area contributed by atoms with Crippen LogP contribution in [-0.2, 0) is 8.99 Å². The number of hydrogen-bond acceptors (Lipinski definition) is 0. The van der Waals surface area contributed by atoms with Gasteiger partial charge in [0.1, 0.15) is 9.52 Å². The minimum Gasteiger partial charge on any atom is -0.114 e. The highest BCUT2D eigenvalue weighted by Crippen LogP contribution is 2.54. The summed E-state index contributed by atoms with van der Waals surface area (Å²) in [7, 11) is 0.117. The fraction of sp³-hybridized carbons (Fsp3) is 0.200. The fourth-order valence-corrected chi connectivity index (χ4v) is 7.44. The molecule has 2 radical (unpaired) electrons. The molecule has 2 aromatic rings. The fourth-order valence-electron chi connectivity index (χ4n) is 3.62. The summed E-state index contributed by atoms with van der Waals surface area (Å²) in [5.74, 6) is 0. The lowest BCUT2D eigenvalue weighted by Crippen LogP contribution is -2.40. The van der Waals surface area contributed by atoms with Crippen LogP contribution in [0.3, 0.4) is 0 Å². The predicted molar refractivity (Wildman–Crippen MR) is 121 cm³/mol. The molecule has 7 heteroatoms. The van der Waals surface area contributed by atoms with Crippen molar-refractivity contribution < 1.29 is 0 Å². The highest BCUT2D eigenvalue weighted by atomic mass is 35.5. The van der Waals surface area contributed by atoms with E-state index in [0.717, 1.165) is 33.4 Å². The lowest BCUT2D eigenvalue weighted by molar-refractivity contribution is 0.927. The number of benzene rings is 2. The van der Waals surface area contributed by atoms with Crippen LogP contribution in [0.4, 0.5) is 0 Å². The van der Waals surface area contributed by atoms with Gasteiger partial charge in [-0.15, -0.1) is 23.2 Å². The van der Waals surface area contributed by atoms with E-state index in [2.05, 4.69) is 0 Å². The molecule has 4 rings (SSSR count). The second-order valence-corrected chi connectivity index (χ2v) is 12.0. The molecule has 0 amide bonds. The van der Waals surface area contributed by atoms with Crippen molar-refractivity contribution in [3.05, 3.63) is 77.8 Å². The Morgan fingerprint density at radius 2 is 0.963 bits per heavy atom. The maximum atomic E-state index is 7.22. The van der Waals surface area contributed by atoms with Gasteiger partial charge in [-0.2, -0.15) is 0 Å². The molecule has 2 unspecified atom stereocenters. The second-order valence-electron chi connectivity index (χ2n) is 6.80. The highest BCUT2D eigenvalue weighted by Gasteiger charge is 2.49. The Hall–Kier alpha value is -0.123. The number of hydrogen-bond donors (Lipinski definition) is 0. The molecule has 2 atom stereocenters. The van der Waals surface area contributed by atoms with Gasteiger partial charge in [0, 0.05) is 0 Å². The molecule has 0 aromatic heterocycles. The number of rotatable bonds is 2. The summed E-state index contributed by atoms with van der Waals surface area (Å²) in [6, 6.07) is 7.38. The molecule has 0 heterocycles. The largest absolute Gasteiger partial charge is 0.118 e. The molecule has 0 aliphatic heterocycles. The van der Waals surface area contributed by atoms with Gasteiger partial charge < -0.3 is 0 Å². The number of fused-ring (bicyclic) bond motifs is 2. The van der Waals surface area contributed by atoms with Crippen molar-refractivity contribution in [3.8, 4) is 0 Å². The minimum absolute atomic E-state index is 0.117. The summed E-state index contributed by atoms with van der Waals surface area (Å²) in [5, 5.41) is 1.97. The average molecular weight is 493 g/mol. The van der Waals surface area contributed by atoms with E-state index >= 15 is 0 Å². The second kappa shape index (κ2) is 6.70. The van der Waals surface area contributed by atoms with Crippen LogP contribution in [0.15, 0.2) is 35.4 Å². The third-order valence-corrected chi connectivity index (χ3v) is 10.1. The summed E-state index contributed by atoms with van der Waals surface area (Å²) >= 11 is 39.4. The number of alkyl halides is 2. The first kappa shape index (κ1) is 20.2. The van der Waals surface area contributed by atoms with Gasteiger partial charge in [-0.1, -0.05) is 69.7 Å². The average Bonchev–Trinajstić information content (AvgIpc) is 2.94. The molecule has 2 aliphatic rings. The zero-order valence-corrected chi connectivity index (χ0v) is 19.8. The topological polar surface area (TPSA) is 0 Å². The Morgan fingerprint density at radius 3 is 1.33 bits per heavy atom. The third kappa shape index (κ3) is 3.02. The maximum absolute atomic E-state index is 7.22. The molecule has 0 nitrogen and oxygen atoms in total. The lowest BCUT2D eigenvalue weighted by Gasteiger charge is -2.34. The van der Waals surface area contributed by atoms with Crippen molar-refractivity contribution in [1.82, 2.24) is 0 Å². The Labute approximate surface area is 190 Å². The van der Waals surface area contributed by atoms with Gasteiger partial charge in [-0.05, 0) is 60.4 Å². The monoisotopic (exact) mass is 490 g/mol. The molecule has 0 fully saturated rings. The van der Waals surface area contributed by atoms with Gasteiger partial charge in [0.15, 0.2) is 0 Å². The van der Waals surface area contributed by atoms with E-state index in [1.165, 1.54) is 0 Å². The van der Waals surface area contributed by atoms with E-state index in [-0.39, 0.29) is 9.52 Å². The first-order valence-electron chi connectivity index (χ1n) is 8.10. The van der Waals surface area contributed by atoms with Gasteiger partial charge in [0.2, 0.25) is 0 Å². The minimum atomic E-state index is -0.770. The van der Waals surface area contributed by atoms with Gasteiger partial charge in [-0.25, -0.2) is 0 Å². The Balaban J connectivity index is 1.84. The van der Waals surface area contributed by atoms with Gasteiger partial charge in [0.05, 0.1) is 29.1 Å². The van der Waals surface area contributed by atoms with Crippen LogP contribution in [0.1, 0.15) is 36.1 Å². The molecule has 0 bridgehead atoms. The molecular formula is C20H12Cl6Si. The first-order chi connectivity index (χ1) is 12.6. The van der Waals surface area contributed by atoms with Crippen LogP contribution in [0.2, 0.25) is 20.1 Å². The molecule has 0 spiro atoms. The van der Waals surface area contributed by atoms with Crippen LogP contribution in [0, 0.1) is 0 Å². The van der Waals surface area contributed by atoms with Crippen molar-refractivity contribution >= 4 is 91.3 Å². The van der Waals surface area contributed by atoms with Crippen molar-refractivity contribution in [1.29, 1.82) is 0 Å². The van der Waals surface area contributed by atoms with E-state index in [1.54, 1.807) is 0 Å². The van der Waals surface area contributed by atoms with E-state index in [4.69, 9.17) is 69.6 Å². The van der Waals surface area contributed by atoms with E-state index < -0.39 is 8.99 Å². The zero-order valence-electron chi connectivity index (χ0n) is 14.2. The molecule has 138 valence electrons. The van der Waals surface area contributed by atoms with Crippen molar-refractivity contribution in [2.75, 3.05) is 0 Å². The smallest absolute Gasteiger partial charge is 0.114 e. The van der Waals surface area contributed by atoms with E-state index in [1.807, 2.05) is 50.3 Å². The highest BCUT2D eigenvalue weighted by molar-refractivity contribution is 6.70. The lowest BCUT2D eigenvalue weighted by atomic mass is 10.1. The Kier molecular flexibility index (Phi) is 5.01. The van der Waals surface area contributed by atoms with Gasteiger partial charge >= 0.3 is 0 Å². The van der Waals surface area contributed by atoms with Crippen LogP contribution in [-0.4, -0.2) is 9.52 Å². The van der Waals surface area contributed by atoms with Crippen molar-refractivity contribution in [2.45, 2.75) is 22.8 Å². The van der Waals surface area contributed by atoms with Crippen LogP contribution in [0.25, 0.3) is 12.2 Å². The van der Waals surface area contributed by atoms with Crippen LogP contribution in [0.5, 0.6) is 0 Å². The molecule has 0 saturated heterocycles. The predicted octanol–water partition coefficient (Wildman–Crippen LogP) is 8.32. The summed E-state index contributed by atoms with van der Waals surface area (Å²) in [6.07, 6.45) is 4.09. The first-order valence-corrected chi connectivity index (χ1v) is 11.4. The van der Waals surface area contributed by atoms with Gasteiger partial charge in [0.25, 0.3) is 0 Å². The molecular weight excluding hydrogens is 481 g/mol. The maximum Gasteiger partial charge on any atom is 0.118 e. The SMILES string of the molecule is CC1=Cc2cc(Cl)c(Cl)cc2C1(Cl)[Si]C1(Cl)C(C)=Cc2cc(Cl)c(Cl)cc21. The third-order valence-electron chi connectivity index (χ3n) is 5.10. The summed E-state index contributed by atoms with van der Waals surface area (Å²) in [5.41, 5.74) is 5.82. The summed E-state index contributed by atoms with van der Waals surface area (Å²) in [4.78, 5) is 0. The van der Waals surface area contributed by atoms with Gasteiger partial charge in [-0.3, -0.25) is 0 Å². The quantitative estimate of drug-likeness (QED) is 0.292. The summed E-state index contributed by atoms with van der Waals surface area (Å²) in [6.45, 7) is 4.01. The standard InChI is InChI=1S/C20H12Cl6Si/c1-9-3-11-5-15(21)17(23)7-13(11)19(9,25)27-20(26)10(2)4-12-6-16(22)18(24)8-14(12)20/h3-8H,1-2H3. The normalized spacial score (nSPS) is 25.9. The van der Waals surface area contributed by atoms with E-state index in [0.29, 0.717) is 20.1 Å².